The normalized spacial score (nSPS) is 11.4. The van der Waals surface area contributed by atoms with Gasteiger partial charge in [0.15, 0.2) is 11.6 Å². The van der Waals surface area contributed by atoms with Crippen molar-refractivity contribution < 1.29 is 33.0 Å². The Morgan fingerprint density at radius 2 is 1.64 bits per heavy atom. The van der Waals surface area contributed by atoms with Crippen LogP contribution in [0.2, 0.25) is 5.02 Å². The van der Waals surface area contributed by atoms with E-state index in [1.54, 1.807) is 42.5 Å². The van der Waals surface area contributed by atoms with Crippen LogP contribution < -0.4 is 10.1 Å². The number of hydrogen-bond acceptors (Lipinski definition) is 5. The van der Waals surface area contributed by atoms with Crippen LogP contribution in [0.5, 0.6) is 5.75 Å². The Morgan fingerprint density at radius 1 is 1.00 bits per heavy atom. The Hall–Kier alpha value is -3.14. The van der Waals surface area contributed by atoms with Gasteiger partial charge in [0, 0.05) is 28.6 Å². The molecule has 0 aromatic heterocycles. The number of carbonyl (C=O) groups excluding carboxylic acids is 3. The maximum Gasteiger partial charge on any atom is 0.272 e. The second kappa shape index (κ2) is 13.3. The van der Waals surface area contributed by atoms with Crippen molar-refractivity contribution in [3.8, 4) is 5.75 Å². The number of carbonyl (C=O) groups is 3. The number of ketones is 2. The Bertz CT molecular complexity index is 1360. The Kier molecular flexibility index (Phi) is 10.4. The van der Waals surface area contributed by atoms with Crippen LogP contribution in [0.25, 0.3) is 0 Å². The quantitative estimate of drug-likeness (QED) is 0.220. The van der Waals surface area contributed by atoms with Gasteiger partial charge in [-0.3, -0.25) is 14.4 Å². The molecule has 0 aliphatic heterocycles. The Labute approximate surface area is 238 Å². The van der Waals surface area contributed by atoms with Crippen LogP contribution in [0.15, 0.2) is 65.1 Å². The van der Waals surface area contributed by atoms with Crippen molar-refractivity contribution in [1.82, 2.24) is 0 Å². The van der Waals surface area contributed by atoms with E-state index in [-0.39, 0.29) is 46.3 Å². The number of hydrogen-bond donors (Lipinski definition) is 2. The van der Waals surface area contributed by atoms with E-state index < -0.39 is 24.5 Å². The van der Waals surface area contributed by atoms with Gasteiger partial charge in [0.05, 0.1) is 10.6 Å². The average molecular weight is 623 g/mol. The van der Waals surface area contributed by atoms with E-state index in [0.29, 0.717) is 23.2 Å². The molecule has 3 aromatic rings. The van der Waals surface area contributed by atoms with E-state index in [9.17, 15) is 28.3 Å². The van der Waals surface area contributed by atoms with Gasteiger partial charge in [0.25, 0.3) is 12.3 Å². The minimum Gasteiger partial charge on any atom is -0.487 e. The zero-order valence-corrected chi connectivity index (χ0v) is 23.6. The third-order valence-corrected chi connectivity index (χ3v) is 6.63. The molecule has 39 heavy (non-hydrogen) atoms. The number of amides is 1. The van der Waals surface area contributed by atoms with Gasteiger partial charge in [-0.15, -0.1) is 0 Å². The maximum absolute atomic E-state index is 13.2. The SMILES string of the molecule is CC(C)(O)C(=O)CCc1ccc(Cl)c(C(=O)Cc2ccc(OCC(F)F)c(C(=O)Nc3ccc(Br)cc3)c2)c1. The van der Waals surface area contributed by atoms with Gasteiger partial charge in [-0.2, -0.15) is 0 Å². The molecule has 10 heteroatoms. The van der Waals surface area contributed by atoms with E-state index in [0.717, 1.165) is 4.47 Å². The molecule has 206 valence electrons. The van der Waals surface area contributed by atoms with Crippen LogP contribution in [0, 0.1) is 0 Å². The molecule has 0 spiro atoms. The molecule has 1 amide bonds. The highest BCUT2D eigenvalue weighted by molar-refractivity contribution is 9.10. The van der Waals surface area contributed by atoms with Gasteiger partial charge in [-0.25, -0.2) is 8.78 Å². The summed E-state index contributed by atoms with van der Waals surface area (Å²) in [6.07, 6.45) is -2.45. The lowest BCUT2D eigenvalue weighted by molar-refractivity contribution is -0.134. The first kappa shape index (κ1) is 30.4. The lowest BCUT2D eigenvalue weighted by Gasteiger charge is -2.15. The van der Waals surface area contributed by atoms with Gasteiger partial charge < -0.3 is 15.2 Å². The van der Waals surface area contributed by atoms with Crippen LogP contribution in [0.4, 0.5) is 14.5 Å². The van der Waals surface area contributed by atoms with E-state index >= 15 is 0 Å². The molecule has 3 aromatic carbocycles. The lowest BCUT2D eigenvalue weighted by Crippen LogP contribution is -2.31. The van der Waals surface area contributed by atoms with Crippen molar-refractivity contribution in [2.75, 3.05) is 11.9 Å². The van der Waals surface area contributed by atoms with Gasteiger partial charge in [-0.05, 0) is 79.9 Å². The topological polar surface area (TPSA) is 92.7 Å². The van der Waals surface area contributed by atoms with Crippen LogP contribution in [-0.2, 0) is 17.6 Å². The molecule has 0 fully saturated rings. The molecule has 0 aliphatic rings. The Balaban J connectivity index is 1.82. The van der Waals surface area contributed by atoms with Crippen molar-refractivity contribution in [3.63, 3.8) is 0 Å². The number of anilines is 1. The highest BCUT2D eigenvalue weighted by Crippen LogP contribution is 2.26. The zero-order valence-electron chi connectivity index (χ0n) is 21.3. The molecule has 0 radical (unpaired) electrons. The summed E-state index contributed by atoms with van der Waals surface area (Å²) >= 11 is 9.60. The van der Waals surface area contributed by atoms with E-state index in [2.05, 4.69) is 21.2 Å². The monoisotopic (exact) mass is 621 g/mol. The number of ether oxygens (including phenoxy) is 1. The second-order valence-corrected chi connectivity index (χ2v) is 10.7. The van der Waals surface area contributed by atoms with Crippen LogP contribution in [0.3, 0.4) is 0 Å². The number of rotatable bonds is 12. The van der Waals surface area contributed by atoms with Gasteiger partial charge in [0.1, 0.15) is 18.0 Å². The highest BCUT2D eigenvalue weighted by atomic mass is 79.9. The van der Waals surface area contributed by atoms with E-state index in [4.69, 9.17) is 16.3 Å². The number of nitrogens with one attached hydrogen (secondary N) is 1. The molecule has 2 N–H and O–H groups in total. The summed E-state index contributed by atoms with van der Waals surface area (Å²) in [5.74, 6) is -1.30. The summed E-state index contributed by atoms with van der Waals surface area (Å²) in [6.45, 7) is 1.95. The van der Waals surface area contributed by atoms with Crippen LogP contribution in [0.1, 0.15) is 52.1 Å². The lowest BCUT2D eigenvalue weighted by atomic mass is 9.95. The van der Waals surface area contributed by atoms with Crippen LogP contribution >= 0.6 is 27.5 Å². The fraction of sp³-hybridized carbons (Fsp3) is 0.276. The first-order valence-corrected chi connectivity index (χ1v) is 13.2. The minimum atomic E-state index is -2.73. The molecule has 0 unspecified atom stereocenters. The molecule has 0 saturated heterocycles. The highest BCUT2D eigenvalue weighted by Gasteiger charge is 2.23. The number of halogens is 4. The largest absolute Gasteiger partial charge is 0.487 e. The summed E-state index contributed by atoms with van der Waals surface area (Å²) in [5, 5.41) is 12.8. The Morgan fingerprint density at radius 3 is 2.28 bits per heavy atom. The fourth-order valence-electron chi connectivity index (χ4n) is 3.66. The summed E-state index contributed by atoms with van der Waals surface area (Å²) in [5.41, 5.74) is 0.418. The van der Waals surface area contributed by atoms with Crippen molar-refractivity contribution in [2.24, 2.45) is 0 Å². The minimum absolute atomic E-state index is 0.00570. The summed E-state index contributed by atoms with van der Waals surface area (Å²) in [7, 11) is 0. The van der Waals surface area contributed by atoms with Crippen molar-refractivity contribution in [2.45, 2.75) is 45.1 Å². The molecule has 0 atom stereocenters. The number of Topliss-reactive ketones (excluding diaryl/α,β-unsaturated/α-hetero) is 2. The number of alkyl halides is 2. The van der Waals surface area contributed by atoms with E-state index in [1.807, 2.05) is 0 Å². The van der Waals surface area contributed by atoms with Crippen molar-refractivity contribution >= 4 is 50.7 Å². The molecule has 0 saturated carbocycles. The summed E-state index contributed by atoms with van der Waals surface area (Å²) in [4.78, 5) is 38.3. The fourth-order valence-corrected chi connectivity index (χ4v) is 4.15. The molecule has 0 aliphatic carbocycles. The third kappa shape index (κ3) is 8.95. The van der Waals surface area contributed by atoms with Gasteiger partial charge in [0.2, 0.25) is 0 Å². The molecule has 3 rings (SSSR count). The molecule has 0 heterocycles. The molecule has 0 bridgehead atoms. The second-order valence-electron chi connectivity index (χ2n) is 9.39. The summed E-state index contributed by atoms with van der Waals surface area (Å²) < 4.78 is 31.5. The molecule has 6 nitrogen and oxygen atoms in total. The predicted molar refractivity (Wildman–Crippen MR) is 149 cm³/mol. The third-order valence-electron chi connectivity index (χ3n) is 5.77. The standard InChI is InChI=1S/C29H27BrClF2NO5/c1-29(2,38)26(36)12-5-17-3-10-23(31)21(13-17)24(35)15-18-4-11-25(39-16-27(32)33)22(14-18)28(37)34-20-8-6-19(30)7-9-20/h3-4,6-11,13-14,27,38H,5,12,15-16H2,1-2H3,(H,34,37). The van der Waals surface area contributed by atoms with Gasteiger partial charge >= 0.3 is 0 Å². The predicted octanol–water partition coefficient (Wildman–Crippen LogP) is 6.70. The maximum atomic E-state index is 13.2. The van der Waals surface area contributed by atoms with Gasteiger partial charge in [-0.1, -0.05) is 39.7 Å². The average Bonchev–Trinajstić information content (AvgIpc) is 2.87. The van der Waals surface area contributed by atoms with Crippen LogP contribution in [-0.4, -0.2) is 41.2 Å². The van der Waals surface area contributed by atoms with Crippen molar-refractivity contribution in [1.29, 1.82) is 0 Å². The molecular formula is C29H27BrClF2NO5. The smallest absolute Gasteiger partial charge is 0.272 e. The molecular weight excluding hydrogens is 596 g/mol. The first-order chi connectivity index (χ1) is 18.3. The number of aryl methyl sites for hydroxylation is 1. The van der Waals surface area contributed by atoms with E-state index in [1.165, 1.54) is 32.0 Å². The number of benzene rings is 3. The summed E-state index contributed by atoms with van der Waals surface area (Å²) in [6, 6.07) is 16.0. The van der Waals surface area contributed by atoms with Crippen molar-refractivity contribution in [3.05, 3.63) is 92.4 Å². The first-order valence-electron chi connectivity index (χ1n) is 12.0. The zero-order chi connectivity index (χ0) is 28.7. The number of aliphatic hydroxyl groups is 1.